The summed E-state index contributed by atoms with van der Waals surface area (Å²) in [6, 6.07) is 0.585. The third-order valence-electron chi connectivity index (χ3n) is 5.30. The van der Waals surface area contributed by atoms with Crippen molar-refractivity contribution < 1.29 is 9.32 Å². The van der Waals surface area contributed by atoms with Crippen molar-refractivity contribution >= 4 is 5.91 Å². The highest BCUT2D eigenvalue weighted by Gasteiger charge is 2.32. The van der Waals surface area contributed by atoms with E-state index in [0.29, 0.717) is 17.9 Å². The predicted octanol–water partition coefficient (Wildman–Crippen LogP) is 2.46. The van der Waals surface area contributed by atoms with Crippen molar-refractivity contribution in [2.24, 2.45) is 5.92 Å². The number of rotatable bonds is 4. The minimum atomic E-state index is 0.202. The van der Waals surface area contributed by atoms with Gasteiger partial charge in [0, 0.05) is 39.0 Å². The smallest absolute Gasteiger partial charge is 0.231 e. The Hall–Kier alpha value is -1.43. The van der Waals surface area contributed by atoms with Crippen LogP contribution in [-0.4, -0.2) is 58.1 Å². The summed E-state index contributed by atoms with van der Waals surface area (Å²) in [7, 11) is 0. The lowest BCUT2D eigenvalue weighted by atomic mass is 9.93. The molecule has 24 heavy (non-hydrogen) atoms. The fourth-order valence-corrected chi connectivity index (χ4v) is 3.97. The predicted molar refractivity (Wildman–Crippen MR) is 91.7 cm³/mol. The molecule has 1 aromatic rings. The first-order chi connectivity index (χ1) is 11.5. The summed E-state index contributed by atoms with van der Waals surface area (Å²) in [5.41, 5.74) is 0. The van der Waals surface area contributed by atoms with Crippen molar-refractivity contribution in [3.05, 3.63) is 11.7 Å². The summed E-state index contributed by atoms with van der Waals surface area (Å²) in [6.45, 7) is 9.95. The van der Waals surface area contributed by atoms with Gasteiger partial charge < -0.3 is 9.42 Å². The van der Waals surface area contributed by atoms with Gasteiger partial charge in [-0.15, -0.1) is 0 Å². The van der Waals surface area contributed by atoms with Crippen LogP contribution >= 0.6 is 0 Å². The Bertz CT molecular complexity index is 549. The molecule has 0 saturated carbocycles. The molecular formula is C18H30N4O2. The van der Waals surface area contributed by atoms with Gasteiger partial charge in [0.15, 0.2) is 5.82 Å². The Morgan fingerprint density at radius 2 is 2.00 bits per heavy atom. The number of hydrogen-bond donors (Lipinski definition) is 0. The number of likely N-dealkylation sites (tertiary alicyclic amines) is 2. The van der Waals surface area contributed by atoms with Crippen LogP contribution in [0.1, 0.15) is 64.1 Å². The number of hydrogen-bond acceptors (Lipinski definition) is 5. The summed E-state index contributed by atoms with van der Waals surface area (Å²) >= 11 is 0. The van der Waals surface area contributed by atoms with Gasteiger partial charge in [-0.3, -0.25) is 9.69 Å². The highest BCUT2D eigenvalue weighted by molar-refractivity contribution is 5.73. The normalized spacial score (nSPS) is 23.8. The molecule has 1 aromatic heterocycles. The molecule has 3 heterocycles. The first kappa shape index (κ1) is 17.4. The average molecular weight is 334 g/mol. The molecular weight excluding hydrogens is 304 g/mol. The van der Waals surface area contributed by atoms with Crippen molar-refractivity contribution in [1.82, 2.24) is 19.9 Å². The third kappa shape index (κ3) is 4.15. The average Bonchev–Trinajstić information content (AvgIpc) is 3.03. The van der Waals surface area contributed by atoms with Gasteiger partial charge in [-0.05, 0) is 38.1 Å². The SMILES string of the molecule is CC(=O)N1CCC(N2CCCC(c3nc(CC(C)C)no3)C2)CC1. The second-order valence-electron chi connectivity index (χ2n) is 7.72. The lowest BCUT2D eigenvalue weighted by molar-refractivity contribution is -0.130. The van der Waals surface area contributed by atoms with E-state index in [0.717, 1.165) is 63.6 Å². The number of aromatic nitrogens is 2. The zero-order valence-electron chi connectivity index (χ0n) is 15.2. The third-order valence-corrected chi connectivity index (χ3v) is 5.30. The van der Waals surface area contributed by atoms with Crippen LogP contribution in [0.2, 0.25) is 0 Å². The Kier molecular flexibility index (Phi) is 5.54. The van der Waals surface area contributed by atoms with Crippen LogP contribution in [0, 0.1) is 5.92 Å². The van der Waals surface area contributed by atoms with E-state index in [-0.39, 0.29) is 5.91 Å². The number of carbonyl (C=O) groups is 1. The van der Waals surface area contributed by atoms with E-state index in [1.807, 2.05) is 4.90 Å². The summed E-state index contributed by atoms with van der Waals surface area (Å²) < 4.78 is 5.55. The molecule has 2 aliphatic heterocycles. The van der Waals surface area contributed by atoms with Gasteiger partial charge in [0.05, 0.1) is 5.92 Å². The summed E-state index contributed by atoms with van der Waals surface area (Å²) in [5, 5.41) is 4.15. The summed E-state index contributed by atoms with van der Waals surface area (Å²) in [6.07, 6.45) is 5.35. The van der Waals surface area contributed by atoms with Crippen molar-refractivity contribution in [2.75, 3.05) is 26.2 Å². The van der Waals surface area contributed by atoms with Gasteiger partial charge in [-0.25, -0.2) is 0 Å². The second-order valence-corrected chi connectivity index (χ2v) is 7.72. The number of nitrogens with zero attached hydrogens (tertiary/aromatic N) is 4. The quantitative estimate of drug-likeness (QED) is 0.846. The molecule has 0 aromatic carbocycles. The van der Waals surface area contributed by atoms with Crippen molar-refractivity contribution in [2.45, 2.75) is 64.8 Å². The molecule has 3 rings (SSSR count). The largest absolute Gasteiger partial charge is 0.343 e. The highest BCUT2D eigenvalue weighted by Crippen LogP contribution is 2.29. The highest BCUT2D eigenvalue weighted by atomic mass is 16.5. The molecule has 1 atom stereocenters. The maximum atomic E-state index is 11.5. The van der Waals surface area contributed by atoms with Crippen LogP contribution in [-0.2, 0) is 11.2 Å². The standard InChI is InChI=1S/C18H30N4O2/c1-13(2)11-17-19-18(24-20-17)15-5-4-8-22(12-15)16-6-9-21(10-7-16)14(3)23/h13,15-16H,4-12H2,1-3H3. The van der Waals surface area contributed by atoms with Gasteiger partial charge in [-0.1, -0.05) is 19.0 Å². The monoisotopic (exact) mass is 334 g/mol. The van der Waals surface area contributed by atoms with Crippen LogP contribution < -0.4 is 0 Å². The zero-order chi connectivity index (χ0) is 17.1. The van der Waals surface area contributed by atoms with E-state index >= 15 is 0 Å². The van der Waals surface area contributed by atoms with Gasteiger partial charge in [0.1, 0.15) is 0 Å². The molecule has 1 unspecified atom stereocenters. The van der Waals surface area contributed by atoms with Gasteiger partial charge in [0.2, 0.25) is 11.8 Å². The Morgan fingerprint density at radius 3 is 2.67 bits per heavy atom. The Morgan fingerprint density at radius 1 is 1.25 bits per heavy atom. The van der Waals surface area contributed by atoms with Gasteiger partial charge >= 0.3 is 0 Å². The number of carbonyl (C=O) groups excluding carboxylic acids is 1. The molecule has 0 spiro atoms. The summed E-state index contributed by atoms with van der Waals surface area (Å²) in [4.78, 5) is 20.7. The molecule has 0 bridgehead atoms. The van der Waals surface area contributed by atoms with Gasteiger partial charge in [-0.2, -0.15) is 4.98 Å². The van der Waals surface area contributed by atoms with E-state index in [1.165, 1.54) is 6.42 Å². The fraction of sp³-hybridized carbons (Fsp3) is 0.833. The lowest BCUT2D eigenvalue weighted by Gasteiger charge is -2.41. The maximum absolute atomic E-state index is 11.5. The number of amides is 1. The van der Waals surface area contributed by atoms with Crippen LogP contribution in [0.25, 0.3) is 0 Å². The molecule has 6 heteroatoms. The topological polar surface area (TPSA) is 62.5 Å². The molecule has 2 fully saturated rings. The second kappa shape index (κ2) is 7.64. The molecule has 1 amide bonds. The van der Waals surface area contributed by atoms with Crippen molar-refractivity contribution in [3.8, 4) is 0 Å². The van der Waals surface area contributed by atoms with E-state index in [1.54, 1.807) is 6.92 Å². The van der Waals surface area contributed by atoms with Crippen LogP contribution in [0.4, 0.5) is 0 Å². The zero-order valence-corrected chi connectivity index (χ0v) is 15.2. The van der Waals surface area contributed by atoms with E-state index in [4.69, 9.17) is 4.52 Å². The fourth-order valence-electron chi connectivity index (χ4n) is 3.97. The lowest BCUT2D eigenvalue weighted by Crippen LogP contribution is -2.49. The van der Waals surface area contributed by atoms with Crippen LogP contribution in [0.5, 0.6) is 0 Å². The molecule has 0 N–H and O–H groups in total. The van der Waals surface area contributed by atoms with Crippen LogP contribution in [0.15, 0.2) is 4.52 Å². The van der Waals surface area contributed by atoms with E-state index in [9.17, 15) is 4.79 Å². The first-order valence-electron chi connectivity index (χ1n) is 9.35. The molecule has 134 valence electrons. The summed E-state index contributed by atoms with van der Waals surface area (Å²) in [5.74, 6) is 2.76. The molecule has 6 nitrogen and oxygen atoms in total. The van der Waals surface area contributed by atoms with Crippen molar-refractivity contribution in [3.63, 3.8) is 0 Å². The van der Waals surface area contributed by atoms with Gasteiger partial charge in [0.25, 0.3) is 0 Å². The van der Waals surface area contributed by atoms with Crippen molar-refractivity contribution in [1.29, 1.82) is 0 Å². The minimum absolute atomic E-state index is 0.202. The molecule has 0 aliphatic carbocycles. The van der Waals surface area contributed by atoms with E-state index in [2.05, 4.69) is 28.9 Å². The van der Waals surface area contributed by atoms with Crippen LogP contribution in [0.3, 0.4) is 0 Å². The Balaban J connectivity index is 1.56. The Labute approximate surface area is 144 Å². The maximum Gasteiger partial charge on any atom is 0.231 e. The van der Waals surface area contributed by atoms with E-state index < -0.39 is 0 Å². The molecule has 2 saturated heterocycles. The number of piperidine rings is 2. The molecule has 0 radical (unpaired) electrons. The first-order valence-corrected chi connectivity index (χ1v) is 9.35. The molecule has 2 aliphatic rings. The minimum Gasteiger partial charge on any atom is -0.343 e.